The van der Waals surface area contributed by atoms with Crippen molar-refractivity contribution in [1.82, 2.24) is 9.88 Å². The fraction of sp³-hybridized carbons (Fsp3) is 0.421. The second-order valence-electron chi connectivity index (χ2n) is 6.25. The number of ketones is 1. The van der Waals surface area contributed by atoms with Crippen molar-refractivity contribution in [3.8, 4) is 0 Å². The molecular weight excluding hydrogens is 304 g/mol. The van der Waals surface area contributed by atoms with Gasteiger partial charge in [0, 0.05) is 24.6 Å². The topological polar surface area (TPSA) is 63.4 Å². The quantitative estimate of drug-likeness (QED) is 0.805. The number of Topliss-reactive ketones (excluding diaryl/α,β-unsaturated/α-hetero) is 1. The second kappa shape index (κ2) is 7.43. The van der Waals surface area contributed by atoms with Gasteiger partial charge in [-0.3, -0.25) is 9.59 Å². The summed E-state index contributed by atoms with van der Waals surface area (Å²) < 4.78 is 5.17. The van der Waals surface area contributed by atoms with Gasteiger partial charge in [0.25, 0.3) is 5.91 Å². The van der Waals surface area contributed by atoms with Crippen molar-refractivity contribution in [3.05, 3.63) is 53.7 Å². The standard InChI is InChI=1S/C19H22N2O3/c1-14-18(20-13-24-14)19(23)21-11-7-3-6-10-16(21)12-17(22)15-8-4-2-5-9-15/h2,4-5,8-9,13,16H,3,6-7,10-12H2,1H3/t16-/m1/s1. The van der Waals surface area contributed by atoms with Gasteiger partial charge in [0.1, 0.15) is 5.76 Å². The molecule has 1 saturated heterocycles. The summed E-state index contributed by atoms with van der Waals surface area (Å²) in [5.74, 6) is 0.476. The Morgan fingerprint density at radius 2 is 2.00 bits per heavy atom. The molecule has 0 saturated carbocycles. The van der Waals surface area contributed by atoms with Gasteiger partial charge in [-0.05, 0) is 19.8 Å². The maximum atomic E-state index is 12.9. The first kappa shape index (κ1) is 16.4. The number of likely N-dealkylation sites (tertiary alicyclic amines) is 1. The SMILES string of the molecule is Cc1ocnc1C(=O)N1CCCCC[C@@H]1CC(=O)c1ccccc1. The summed E-state index contributed by atoms with van der Waals surface area (Å²) in [6.45, 7) is 2.40. The molecule has 2 aromatic rings. The summed E-state index contributed by atoms with van der Waals surface area (Å²) in [6, 6.07) is 9.19. The highest BCUT2D eigenvalue weighted by Gasteiger charge is 2.30. The summed E-state index contributed by atoms with van der Waals surface area (Å²) in [4.78, 5) is 31.3. The molecule has 1 aliphatic rings. The molecule has 5 heteroatoms. The lowest BCUT2D eigenvalue weighted by Gasteiger charge is -2.29. The number of hydrogen-bond acceptors (Lipinski definition) is 4. The Hall–Kier alpha value is -2.43. The van der Waals surface area contributed by atoms with Crippen LogP contribution in [0.5, 0.6) is 0 Å². The Labute approximate surface area is 141 Å². The number of amides is 1. The van der Waals surface area contributed by atoms with Crippen molar-refractivity contribution in [3.63, 3.8) is 0 Å². The predicted octanol–water partition coefficient (Wildman–Crippen LogP) is 3.64. The highest BCUT2D eigenvalue weighted by atomic mass is 16.3. The van der Waals surface area contributed by atoms with Crippen molar-refractivity contribution in [1.29, 1.82) is 0 Å². The molecular formula is C19H22N2O3. The Morgan fingerprint density at radius 3 is 2.71 bits per heavy atom. The number of carbonyl (C=O) groups is 2. The summed E-state index contributed by atoms with van der Waals surface area (Å²) in [5.41, 5.74) is 1.06. The molecule has 5 nitrogen and oxygen atoms in total. The molecule has 0 spiro atoms. The van der Waals surface area contributed by atoms with Crippen LogP contribution in [0, 0.1) is 6.92 Å². The summed E-state index contributed by atoms with van der Waals surface area (Å²) in [7, 11) is 0. The fourth-order valence-electron chi connectivity index (χ4n) is 3.26. The summed E-state index contributed by atoms with van der Waals surface area (Å²) in [6.07, 6.45) is 5.57. The molecule has 126 valence electrons. The number of aryl methyl sites for hydroxylation is 1. The molecule has 3 rings (SSSR count). The van der Waals surface area contributed by atoms with E-state index in [1.807, 2.05) is 35.2 Å². The number of benzene rings is 1. The van der Waals surface area contributed by atoms with Gasteiger partial charge < -0.3 is 9.32 Å². The van der Waals surface area contributed by atoms with Crippen LogP contribution in [0.3, 0.4) is 0 Å². The Balaban J connectivity index is 1.79. The first-order valence-corrected chi connectivity index (χ1v) is 8.46. The number of nitrogens with zero attached hydrogens (tertiary/aromatic N) is 2. The van der Waals surface area contributed by atoms with E-state index in [2.05, 4.69) is 4.98 Å². The van der Waals surface area contributed by atoms with Crippen molar-refractivity contribution < 1.29 is 14.0 Å². The summed E-state index contributed by atoms with van der Waals surface area (Å²) in [5, 5.41) is 0. The molecule has 0 N–H and O–H groups in total. The van der Waals surface area contributed by atoms with Crippen molar-refractivity contribution in [2.75, 3.05) is 6.54 Å². The van der Waals surface area contributed by atoms with Crippen molar-refractivity contribution in [2.24, 2.45) is 0 Å². The lowest BCUT2D eigenvalue weighted by molar-refractivity contribution is 0.0653. The first-order chi connectivity index (χ1) is 11.7. The Morgan fingerprint density at radius 1 is 1.21 bits per heavy atom. The number of oxazole rings is 1. The smallest absolute Gasteiger partial charge is 0.276 e. The van der Waals surface area contributed by atoms with Gasteiger partial charge in [-0.15, -0.1) is 0 Å². The predicted molar refractivity (Wildman–Crippen MR) is 89.9 cm³/mol. The minimum Gasteiger partial charge on any atom is -0.448 e. The Kier molecular flexibility index (Phi) is 5.08. The molecule has 1 aromatic heterocycles. The molecule has 1 fully saturated rings. The molecule has 1 aliphatic heterocycles. The highest BCUT2D eigenvalue weighted by molar-refractivity contribution is 5.97. The van der Waals surface area contributed by atoms with Gasteiger partial charge in [-0.2, -0.15) is 0 Å². The molecule has 0 bridgehead atoms. The summed E-state index contributed by atoms with van der Waals surface area (Å²) >= 11 is 0. The zero-order valence-electron chi connectivity index (χ0n) is 13.9. The Bertz CT molecular complexity index is 708. The monoisotopic (exact) mass is 326 g/mol. The van der Waals surface area contributed by atoms with Crippen LogP contribution in [-0.2, 0) is 0 Å². The van der Waals surface area contributed by atoms with Gasteiger partial charge in [0.2, 0.25) is 0 Å². The third-order valence-electron chi connectivity index (χ3n) is 4.60. The number of rotatable bonds is 4. The van der Waals surface area contributed by atoms with E-state index in [4.69, 9.17) is 4.42 Å². The van der Waals surface area contributed by atoms with Crippen molar-refractivity contribution >= 4 is 11.7 Å². The molecule has 0 aliphatic carbocycles. The molecule has 1 aromatic carbocycles. The third-order valence-corrected chi connectivity index (χ3v) is 4.60. The van der Waals surface area contributed by atoms with Crippen LogP contribution in [-0.4, -0.2) is 34.2 Å². The number of carbonyl (C=O) groups excluding carboxylic acids is 2. The van der Waals surface area contributed by atoms with Gasteiger partial charge in [0.05, 0.1) is 0 Å². The van der Waals surface area contributed by atoms with Gasteiger partial charge >= 0.3 is 0 Å². The highest BCUT2D eigenvalue weighted by Crippen LogP contribution is 2.23. The van der Waals surface area contributed by atoms with Crippen LogP contribution < -0.4 is 0 Å². The maximum absolute atomic E-state index is 12.9. The van der Waals surface area contributed by atoms with E-state index in [9.17, 15) is 9.59 Å². The fourth-order valence-corrected chi connectivity index (χ4v) is 3.26. The van der Waals surface area contributed by atoms with E-state index >= 15 is 0 Å². The van der Waals surface area contributed by atoms with Crippen LogP contribution in [0.25, 0.3) is 0 Å². The maximum Gasteiger partial charge on any atom is 0.276 e. The second-order valence-corrected chi connectivity index (χ2v) is 6.25. The van der Waals surface area contributed by atoms with Crippen LogP contribution >= 0.6 is 0 Å². The molecule has 0 radical (unpaired) electrons. The van der Waals surface area contributed by atoms with E-state index in [1.165, 1.54) is 6.39 Å². The largest absolute Gasteiger partial charge is 0.448 e. The zero-order valence-corrected chi connectivity index (χ0v) is 13.9. The lowest BCUT2D eigenvalue weighted by atomic mass is 9.99. The number of hydrogen-bond donors (Lipinski definition) is 0. The molecule has 2 heterocycles. The molecule has 0 unspecified atom stereocenters. The molecule has 1 amide bonds. The molecule has 1 atom stereocenters. The van der Waals surface area contributed by atoms with Gasteiger partial charge in [-0.25, -0.2) is 4.98 Å². The lowest BCUT2D eigenvalue weighted by Crippen LogP contribution is -2.41. The van der Waals surface area contributed by atoms with E-state index in [-0.39, 0.29) is 17.7 Å². The minimum atomic E-state index is -0.131. The number of aromatic nitrogens is 1. The van der Waals surface area contributed by atoms with Crippen LogP contribution in [0.2, 0.25) is 0 Å². The van der Waals surface area contributed by atoms with E-state index in [1.54, 1.807) is 6.92 Å². The van der Waals surface area contributed by atoms with Crippen LogP contribution in [0.4, 0.5) is 0 Å². The van der Waals surface area contributed by atoms with Crippen LogP contribution in [0.15, 0.2) is 41.1 Å². The van der Waals surface area contributed by atoms with Crippen molar-refractivity contribution in [2.45, 2.75) is 45.1 Å². The van der Waals surface area contributed by atoms with Crippen LogP contribution in [0.1, 0.15) is 58.7 Å². The average molecular weight is 326 g/mol. The minimum absolute atomic E-state index is 0.0798. The first-order valence-electron chi connectivity index (χ1n) is 8.46. The molecule has 24 heavy (non-hydrogen) atoms. The average Bonchev–Trinajstić information content (AvgIpc) is 2.89. The van der Waals surface area contributed by atoms with E-state index in [0.29, 0.717) is 30.0 Å². The van der Waals surface area contributed by atoms with E-state index < -0.39 is 0 Å². The third kappa shape index (κ3) is 3.55. The normalized spacial score (nSPS) is 18.2. The van der Waals surface area contributed by atoms with Gasteiger partial charge in [-0.1, -0.05) is 43.2 Å². The van der Waals surface area contributed by atoms with Gasteiger partial charge in [0.15, 0.2) is 17.9 Å². The van der Waals surface area contributed by atoms with E-state index in [0.717, 1.165) is 25.7 Å². The zero-order chi connectivity index (χ0) is 16.9.